The number of hydrogen-bond donors (Lipinski definition) is 1. The average Bonchev–Trinajstić information content (AvgIpc) is 3.09. The Balaban J connectivity index is 1.93. The van der Waals surface area contributed by atoms with Crippen LogP contribution in [0, 0.1) is 30.3 Å². The molecule has 2 aliphatic heterocycles. The van der Waals surface area contributed by atoms with E-state index in [2.05, 4.69) is 5.10 Å². The van der Waals surface area contributed by atoms with Crippen LogP contribution in [0.4, 0.5) is 13.2 Å². The number of aryl methyl sites for hydroxylation is 1. The third kappa shape index (κ3) is 3.00. The zero-order valence-electron chi connectivity index (χ0n) is 16.4. The van der Waals surface area contributed by atoms with Crippen molar-refractivity contribution in [1.82, 2.24) is 5.01 Å². The predicted octanol–water partition coefficient (Wildman–Crippen LogP) is 3.16. The number of carbonyl (C=O) groups is 1. The van der Waals surface area contributed by atoms with Crippen molar-refractivity contribution in [3.63, 3.8) is 0 Å². The van der Waals surface area contributed by atoms with Crippen LogP contribution in [0.25, 0.3) is 0 Å². The Morgan fingerprint density at radius 1 is 1.27 bits per heavy atom. The van der Waals surface area contributed by atoms with Crippen molar-refractivity contribution < 1.29 is 27.4 Å². The van der Waals surface area contributed by atoms with Gasteiger partial charge in [0.1, 0.15) is 23.2 Å². The molecular formula is C21H20F3N3O3. The number of ether oxygens (including phenoxy) is 2. The third-order valence-electron chi connectivity index (χ3n) is 5.37. The van der Waals surface area contributed by atoms with Gasteiger partial charge < -0.3 is 15.2 Å². The fourth-order valence-electron chi connectivity index (χ4n) is 3.93. The Hall–Kier alpha value is -3.07. The van der Waals surface area contributed by atoms with Crippen LogP contribution < -0.4 is 10.5 Å². The molecule has 0 aliphatic carbocycles. The second kappa shape index (κ2) is 7.32. The number of fused-ring (bicyclic) bond motifs is 2. The summed E-state index contributed by atoms with van der Waals surface area (Å²) in [4.78, 5) is 12.6. The molecule has 0 saturated carbocycles. The van der Waals surface area contributed by atoms with Crippen LogP contribution in [-0.2, 0) is 15.3 Å². The van der Waals surface area contributed by atoms with E-state index in [9.17, 15) is 18.0 Å². The molecular weight excluding hydrogens is 399 g/mol. The summed E-state index contributed by atoms with van der Waals surface area (Å²) in [6.45, 7) is 3.20. The minimum atomic E-state index is -1.60. The van der Waals surface area contributed by atoms with Gasteiger partial charge in [-0.15, -0.1) is 5.10 Å². The molecule has 4 rings (SSSR count). The number of amides is 1. The normalized spacial score (nSPS) is 22.4. The van der Waals surface area contributed by atoms with Crippen LogP contribution in [0.15, 0.2) is 35.4 Å². The Labute approximate surface area is 171 Å². The summed E-state index contributed by atoms with van der Waals surface area (Å²) < 4.78 is 54.7. The lowest BCUT2D eigenvalue weighted by atomic mass is 9.83. The second-order valence-electron chi connectivity index (χ2n) is 7.34. The van der Waals surface area contributed by atoms with Crippen molar-refractivity contribution >= 4 is 11.8 Å². The lowest BCUT2D eigenvalue weighted by Crippen LogP contribution is -2.54. The molecule has 2 atom stereocenters. The predicted molar refractivity (Wildman–Crippen MR) is 102 cm³/mol. The first-order chi connectivity index (χ1) is 14.3. The number of hydrogen-bond acceptors (Lipinski definition) is 5. The number of rotatable bonds is 3. The van der Waals surface area contributed by atoms with Gasteiger partial charge in [0.15, 0.2) is 0 Å². The van der Waals surface area contributed by atoms with Crippen molar-refractivity contribution in [3.8, 4) is 5.75 Å². The van der Waals surface area contributed by atoms with Crippen LogP contribution in [0.2, 0.25) is 0 Å². The van der Waals surface area contributed by atoms with E-state index in [0.29, 0.717) is 17.7 Å². The summed E-state index contributed by atoms with van der Waals surface area (Å²) in [6, 6.07) is 5.57. The molecule has 9 heteroatoms. The maximum absolute atomic E-state index is 14.5. The first-order valence-corrected chi connectivity index (χ1v) is 9.45. The summed E-state index contributed by atoms with van der Waals surface area (Å²) in [6.07, 6.45) is 0.354. The Morgan fingerprint density at radius 2 is 2.03 bits per heavy atom. The van der Waals surface area contributed by atoms with Crippen LogP contribution >= 0.6 is 0 Å². The highest BCUT2D eigenvalue weighted by Gasteiger charge is 2.58. The number of benzene rings is 2. The van der Waals surface area contributed by atoms with Crippen molar-refractivity contribution in [2.45, 2.75) is 26.0 Å². The van der Waals surface area contributed by atoms with Crippen LogP contribution in [0.3, 0.4) is 0 Å². The Morgan fingerprint density at radius 3 is 2.73 bits per heavy atom. The summed E-state index contributed by atoms with van der Waals surface area (Å²) in [7, 11) is 0. The molecule has 0 aromatic heterocycles. The molecule has 1 amide bonds. The van der Waals surface area contributed by atoms with Crippen LogP contribution in [-0.4, -0.2) is 30.0 Å². The topological polar surface area (TPSA) is 77.2 Å². The lowest BCUT2D eigenvalue weighted by molar-refractivity contribution is -0.168. The summed E-state index contributed by atoms with van der Waals surface area (Å²) in [5.41, 5.74) is 4.51. The van der Waals surface area contributed by atoms with Crippen molar-refractivity contribution in [1.29, 1.82) is 0 Å². The number of carbonyl (C=O) groups excluding carboxylic acids is 1. The molecule has 6 nitrogen and oxygen atoms in total. The van der Waals surface area contributed by atoms with E-state index in [1.54, 1.807) is 6.92 Å². The largest absolute Gasteiger partial charge is 0.493 e. The molecule has 0 saturated heterocycles. The van der Waals surface area contributed by atoms with Crippen molar-refractivity contribution in [2.75, 3.05) is 13.2 Å². The lowest BCUT2D eigenvalue weighted by Gasteiger charge is -2.44. The van der Waals surface area contributed by atoms with Gasteiger partial charge in [0, 0.05) is 6.92 Å². The van der Waals surface area contributed by atoms with E-state index in [-0.39, 0.29) is 30.2 Å². The number of hydrazone groups is 1. The van der Waals surface area contributed by atoms with Gasteiger partial charge in [0.05, 0.1) is 23.7 Å². The van der Waals surface area contributed by atoms with E-state index < -0.39 is 35.0 Å². The maximum atomic E-state index is 14.5. The molecule has 2 heterocycles. The van der Waals surface area contributed by atoms with Crippen molar-refractivity contribution in [2.24, 2.45) is 16.8 Å². The molecule has 1 spiro atoms. The second-order valence-corrected chi connectivity index (χ2v) is 7.34. The van der Waals surface area contributed by atoms with Gasteiger partial charge >= 0.3 is 0 Å². The summed E-state index contributed by atoms with van der Waals surface area (Å²) in [5.74, 6) is -2.99. The molecule has 0 fully saturated rings. The smallest absolute Gasteiger partial charge is 0.244 e. The minimum absolute atomic E-state index is 0.119. The molecule has 2 aliphatic rings. The van der Waals surface area contributed by atoms with Gasteiger partial charge in [-0.3, -0.25) is 4.79 Å². The van der Waals surface area contributed by atoms with Gasteiger partial charge in [-0.2, -0.15) is 5.01 Å². The molecule has 2 aromatic rings. The first-order valence-electron chi connectivity index (χ1n) is 9.45. The maximum Gasteiger partial charge on any atom is 0.244 e. The SMILES string of the molecule is CC(=O)N1N=C(c2cc(F)ccc2F)OC12c1cc(F)c(C)cc1OCC2CCN. The highest BCUT2D eigenvalue weighted by atomic mass is 19.1. The average molecular weight is 419 g/mol. The quantitative estimate of drug-likeness (QED) is 0.829. The molecule has 158 valence electrons. The van der Waals surface area contributed by atoms with E-state index in [1.807, 2.05) is 0 Å². The first kappa shape index (κ1) is 20.2. The minimum Gasteiger partial charge on any atom is -0.493 e. The van der Waals surface area contributed by atoms with Crippen LogP contribution in [0.1, 0.15) is 30.0 Å². The van der Waals surface area contributed by atoms with E-state index >= 15 is 0 Å². The van der Waals surface area contributed by atoms with Gasteiger partial charge in [0.25, 0.3) is 0 Å². The van der Waals surface area contributed by atoms with E-state index in [4.69, 9.17) is 15.2 Å². The van der Waals surface area contributed by atoms with E-state index in [0.717, 1.165) is 23.2 Å². The fourth-order valence-corrected chi connectivity index (χ4v) is 3.93. The molecule has 30 heavy (non-hydrogen) atoms. The number of halogens is 3. The monoisotopic (exact) mass is 419 g/mol. The zero-order valence-corrected chi connectivity index (χ0v) is 16.4. The highest BCUT2D eigenvalue weighted by Crippen LogP contribution is 2.50. The fraction of sp³-hybridized carbons (Fsp3) is 0.333. The summed E-state index contributed by atoms with van der Waals surface area (Å²) >= 11 is 0. The van der Waals surface area contributed by atoms with Crippen LogP contribution in [0.5, 0.6) is 5.75 Å². The molecule has 0 radical (unpaired) electrons. The third-order valence-corrected chi connectivity index (χ3v) is 5.37. The zero-order chi connectivity index (χ0) is 21.6. The van der Waals surface area contributed by atoms with Gasteiger partial charge in [-0.1, -0.05) is 0 Å². The molecule has 2 unspecified atom stereocenters. The standard InChI is InChI=1S/C21H20F3N3O3/c1-11-7-19-16(9-18(11)24)21(13(5-6-25)10-29-19)27(12(2)28)26-20(30-21)15-8-14(22)3-4-17(15)23/h3-4,7-9,13H,5-6,10,25H2,1-2H3. The van der Waals surface area contributed by atoms with E-state index in [1.165, 1.54) is 19.1 Å². The number of nitrogens with two attached hydrogens (primary N) is 1. The summed E-state index contributed by atoms with van der Waals surface area (Å²) in [5, 5.41) is 5.22. The Kier molecular flexibility index (Phi) is 4.93. The molecule has 2 N–H and O–H groups in total. The van der Waals surface area contributed by atoms with Gasteiger partial charge in [-0.25, -0.2) is 13.2 Å². The number of nitrogens with zero attached hydrogens (tertiary/aromatic N) is 2. The van der Waals surface area contributed by atoms with Gasteiger partial charge in [0.2, 0.25) is 17.5 Å². The Bertz CT molecular complexity index is 1060. The van der Waals surface area contributed by atoms with Gasteiger partial charge in [-0.05, 0) is 55.8 Å². The van der Waals surface area contributed by atoms with Crippen molar-refractivity contribution in [3.05, 3.63) is 64.5 Å². The highest BCUT2D eigenvalue weighted by molar-refractivity contribution is 5.97. The molecule has 0 bridgehead atoms. The molecule has 2 aromatic carbocycles.